The number of benzene rings is 1. The Labute approximate surface area is 179 Å². The van der Waals surface area contributed by atoms with Crippen LogP contribution in [-0.4, -0.2) is 44.9 Å². The number of aliphatic imine (C=N–C) groups is 1. The second kappa shape index (κ2) is 9.51. The normalized spacial score (nSPS) is 16.9. The van der Waals surface area contributed by atoms with E-state index in [1.807, 2.05) is 12.1 Å². The first-order valence-electron chi connectivity index (χ1n) is 10.5. The number of nitrogens with one attached hydrogen (secondary N) is 2. The van der Waals surface area contributed by atoms with Crippen LogP contribution in [0.1, 0.15) is 50.8 Å². The molecule has 3 rings (SSSR count). The molecular formula is C23H34N4O3. The number of hydrogen-bond donors (Lipinski definition) is 2. The van der Waals surface area contributed by atoms with E-state index in [1.54, 1.807) is 20.4 Å². The van der Waals surface area contributed by atoms with E-state index in [2.05, 4.69) is 53.5 Å². The van der Waals surface area contributed by atoms with Crippen molar-refractivity contribution in [3.63, 3.8) is 0 Å². The molecule has 1 fully saturated rings. The minimum atomic E-state index is -0.0566. The van der Waals surface area contributed by atoms with Gasteiger partial charge >= 0.3 is 0 Å². The maximum absolute atomic E-state index is 5.86. The third-order valence-corrected chi connectivity index (χ3v) is 5.67. The van der Waals surface area contributed by atoms with Crippen LogP contribution in [0, 0.1) is 0 Å². The lowest BCUT2D eigenvalue weighted by molar-refractivity contribution is 0.0513. The Morgan fingerprint density at radius 1 is 1.17 bits per heavy atom. The molecule has 2 aromatic rings. The highest BCUT2D eigenvalue weighted by Crippen LogP contribution is 2.35. The summed E-state index contributed by atoms with van der Waals surface area (Å²) in [5, 5.41) is 6.81. The highest BCUT2D eigenvalue weighted by atomic mass is 16.5. The maximum atomic E-state index is 5.86. The van der Waals surface area contributed by atoms with Gasteiger partial charge in [-0.25, -0.2) is 4.98 Å². The monoisotopic (exact) mass is 414 g/mol. The smallest absolute Gasteiger partial charge is 0.213 e. The molecule has 0 bridgehead atoms. The molecule has 0 saturated carbocycles. The molecule has 0 amide bonds. The number of hydrogen-bond acceptors (Lipinski definition) is 5. The topological polar surface area (TPSA) is 80.9 Å². The van der Waals surface area contributed by atoms with Gasteiger partial charge < -0.3 is 24.5 Å². The Morgan fingerprint density at radius 2 is 1.87 bits per heavy atom. The first kappa shape index (κ1) is 22.2. The van der Waals surface area contributed by atoms with Crippen molar-refractivity contribution in [1.82, 2.24) is 15.6 Å². The van der Waals surface area contributed by atoms with Gasteiger partial charge in [0.1, 0.15) is 11.5 Å². The first-order chi connectivity index (χ1) is 14.4. The minimum Gasteiger partial charge on any atom is -0.497 e. The number of ether oxygens (including phenoxy) is 2. The van der Waals surface area contributed by atoms with E-state index in [-0.39, 0.29) is 10.8 Å². The van der Waals surface area contributed by atoms with Crippen LogP contribution in [0.2, 0.25) is 0 Å². The van der Waals surface area contributed by atoms with Gasteiger partial charge in [-0.05, 0) is 30.5 Å². The van der Waals surface area contributed by atoms with Crippen LogP contribution in [0.5, 0.6) is 5.75 Å². The van der Waals surface area contributed by atoms with Crippen molar-refractivity contribution in [1.29, 1.82) is 0 Å². The zero-order chi connectivity index (χ0) is 21.6. The average molecular weight is 415 g/mol. The third-order valence-electron chi connectivity index (χ3n) is 5.67. The van der Waals surface area contributed by atoms with Gasteiger partial charge in [0.05, 0.1) is 19.9 Å². The molecular weight excluding hydrogens is 380 g/mol. The Morgan fingerprint density at radius 3 is 2.43 bits per heavy atom. The lowest BCUT2D eigenvalue weighted by Crippen LogP contribution is -2.47. The summed E-state index contributed by atoms with van der Waals surface area (Å²) in [6, 6.07) is 8.36. The van der Waals surface area contributed by atoms with Crippen molar-refractivity contribution in [2.45, 2.75) is 51.0 Å². The zero-order valence-corrected chi connectivity index (χ0v) is 18.7. The molecule has 1 aromatic heterocycles. The van der Waals surface area contributed by atoms with Gasteiger partial charge in [0.2, 0.25) is 5.89 Å². The summed E-state index contributed by atoms with van der Waals surface area (Å²) in [6.45, 7) is 9.08. The van der Waals surface area contributed by atoms with Crippen molar-refractivity contribution < 1.29 is 13.9 Å². The van der Waals surface area contributed by atoms with Crippen LogP contribution in [0.4, 0.5) is 0 Å². The van der Waals surface area contributed by atoms with Gasteiger partial charge in [-0.1, -0.05) is 32.9 Å². The molecule has 2 N–H and O–H groups in total. The van der Waals surface area contributed by atoms with Crippen molar-refractivity contribution in [2.24, 2.45) is 4.99 Å². The Hall–Kier alpha value is -2.54. The number of rotatable bonds is 6. The van der Waals surface area contributed by atoms with E-state index < -0.39 is 0 Å². The fraction of sp³-hybridized carbons (Fsp3) is 0.565. The van der Waals surface area contributed by atoms with Gasteiger partial charge in [0.15, 0.2) is 5.96 Å². The van der Waals surface area contributed by atoms with Crippen LogP contribution in [0.3, 0.4) is 0 Å². The van der Waals surface area contributed by atoms with Crippen LogP contribution in [0.25, 0.3) is 0 Å². The quantitative estimate of drug-likeness (QED) is 0.557. The molecule has 7 nitrogen and oxygen atoms in total. The predicted octanol–water partition coefficient (Wildman–Crippen LogP) is 3.39. The molecule has 1 aliphatic rings. The van der Waals surface area contributed by atoms with Crippen molar-refractivity contribution in [3.8, 4) is 5.75 Å². The number of methoxy groups -OCH3 is 1. The van der Waals surface area contributed by atoms with E-state index in [0.29, 0.717) is 12.4 Å². The molecule has 0 atom stereocenters. The highest BCUT2D eigenvalue weighted by Gasteiger charge is 2.34. The molecule has 0 unspecified atom stereocenters. The van der Waals surface area contributed by atoms with Crippen LogP contribution in [0.15, 0.2) is 39.9 Å². The summed E-state index contributed by atoms with van der Waals surface area (Å²) in [7, 11) is 3.46. The summed E-state index contributed by atoms with van der Waals surface area (Å²) in [5.41, 5.74) is 1.22. The van der Waals surface area contributed by atoms with Crippen LogP contribution >= 0.6 is 0 Å². The largest absolute Gasteiger partial charge is 0.497 e. The van der Waals surface area contributed by atoms with E-state index in [0.717, 1.165) is 50.1 Å². The molecule has 2 heterocycles. The van der Waals surface area contributed by atoms with Crippen LogP contribution < -0.4 is 15.4 Å². The molecule has 0 radical (unpaired) electrons. The molecule has 164 valence electrons. The standard InChI is InChI=1S/C23H34N4O3/c1-22(2,3)19-14-25-20(30-19)15-26-21(24-4)27-16-23(10-12-29-13-11-23)17-6-8-18(28-5)9-7-17/h6-9,14H,10-13,15-16H2,1-5H3,(H2,24,26,27). The molecule has 0 aliphatic carbocycles. The second-order valence-corrected chi connectivity index (χ2v) is 8.77. The van der Waals surface area contributed by atoms with Gasteiger partial charge in [-0.3, -0.25) is 4.99 Å². The van der Waals surface area contributed by atoms with Crippen molar-refractivity contribution in [2.75, 3.05) is 33.9 Å². The molecule has 1 aromatic carbocycles. The minimum absolute atomic E-state index is 0.00945. The Bertz CT molecular complexity index is 831. The maximum Gasteiger partial charge on any atom is 0.213 e. The van der Waals surface area contributed by atoms with Gasteiger partial charge in [0, 0.05) is 37.6 Å². The number of guanidine groups is 1. The average Bonchev–Trinajstić information content (AvgIpc) is 3.24. The Kier molecular flexibility index (Phi) is 7.02. The second-order valence-electron chi connectivity index (χ2n) is 8.77. The fourth-order valence-electron chi connectivity index (χ4n) is 3.65. The molecule has 30 heavy (non-hydrogen) atoms. The van der Waals surface area contributed by atoms with Crippen molar-refractivity contribution in [3.05, 3.63) is 47.7 Å². The van der Waals surface area contributed by atoms with E-state index >= 15 is 0 Å². The zero-order valence-electron chi connectivity index (χ0n) is 18.7. The Balaban J connectivity index is 1.64. The SMILES string of the molecule is CN=C(NCc1ncc(C(C)(C)C)o1)NCC1(c2ccc(OC)cc2)CCOCC1. The van der Waals surface area contributed by atoms with E-state index in [1.165, 1.54) is 5.56 Å². The summed E-state index contributed by atoms with van der Waals surface area (Å²) < 4.78 is 16.8. The van der Waals surface area contributed by atoms with Crippen LogP contribution in [-0.2, 0) is 22.1 Å². The van der Waals surface area contributed by atoms with Gasteiger partial charge in [-0.2, -0.15) is 0 Å². The number of oxazole rings is 1. The van der Waals surface area contributed by atoms with Gasteiger partial charge in [-0.15, -0.1) is 0 Å². The fourth-order valence-corrected chi connectivity index (χ4v) is 3.65. The summed E-state index contributed by atoms with van der Waals surface area (Å²) in [4.78, 5) is 8.75. The summed E-state index contributed by atoms with van der Waals surface area (Å²) in [6.07, 6.45) is 3.71. The third kappa shape index (κ3) is 5.33. The van der Waals surface area contributed by atoms with Gasteiger partial charge in [0.25, 0.3) is 0 Å². The highest BCUT2D eigenvalue weighted by molar-refractivity contribution is 5.79. The number of aromatic nitrogens is 1. The lowest BCUT2D eigenvalue weighted by Gasteiger charge is -2.38. The first-order valence-corrected chi connectivity index (χ1v) is 10.5. The molecule has 0 spiro atoms. The predicted molar refractivity (Wildman–Crippen MR) is 118 cm³/mol. The van der Waals surface area contributed by atoms with E-state index in [4.69, 9.17) is 13.9 Å². The summed E-state index contributed by atoms with van der Waals surface area (Å²) >= 11 is 0. The van der Waals surface area contributed by atoms with E-state index in [9.17, 15) is 0 Å². The summed E-state index contributed by atoms with van der Waals surface area (Å²) in [5.74, 6) is 3.12. The molecule has 1 aliphatic heterocycles. The number of nitrogens with zero attached hydrogens (tertiary/aromatic N) is 2. The molecule has 7 heteroatoms. The van der Waals surface area contributed by atoms with Crippen molar-refractivity contribution >= 4 is 5.96 Å². The molecule has 1 saturated heterocycles. The lowest BCUT2D eigenvalue weighted by atomic mass is 9.74.